The van der Waals surface area contributed by atoms with E-state index in [1.165, 1.54) is 0 Å². The van der Waals surface area contributed by atoms with E-state index in [9.17, 15) is 4.79 Å². The first kappa shape index (κ1) is 9.52. The van der Waals surface area contributed by atoms with Crippen LogP contribution in [0, 0.1) is 17.3 Å². The molecule has 1 saturated carbocycles. The van der Waals surface area contributed by atoms with Crippen molar-refractivity contribution >= 4 is 5.97 Å². The molecule has 12 heavy (non-hydrogen) atoms. The van der Waals surface area contributed by atoms with Gasteiger partial charge in [0.2, 0.25) is 0 Å². The Kier molecular flexibility index (Phi) is 2.42. The van der Waals surface area contributed by atoms with Crippen molar-refractivity contribution in [1.29, 1.82) is 0 Å². The molecule has 0 heterocycles. The van der Waals surface area contributed by atoms with E-state index < -0.39 is 11.4 Å². The summed E-state index contributed by atoms with van der Waals surface area (Å²) >= 11 is 0. The molecule has 0 saturated heterocycles. The Bertz CT molecular complexity index is 191. The number of carboxylic acids is 1. The Balaban J connectivity index is 2.50. The molecule has 3 N–H and O–H groups in total. The molecule has 2 atom stereocenters. The minimum absolute atomic E-state index is 0.291. The van der Waals surface area contributed by atoms with Gasteiger partial charge in [-0.05, 0) is 24.7 Å². The maximum Gasteiger partial charge on any atom is 0.311 e. The molecule has 70 valence electrons. The van der Waals surface area contributed by atoms with Gasteiger partial charge in [0.15, 0.2) is 0 Å². The van der Waals surface area contributed by atoms with Crippen molar-refractivity contribution in [2.75, 3.05) is 6.54 Å². The van der Waals surface area contributed by atoms with Gasteiger partial charge in [0.05, 0.1) is 5.41 Å². The summed E-state index contributed by atoms with van der Waals surface area (Å²) in [5, 5.41) is 8.91. The SMILES string of the molecule is CC(C)CC1CC1(CN)C(=O)O. The highest BCUT2D eigenvalue weighted by Gasteiger charge is 2.58. The van der Waals surface area contributed by atoms with Crippen LogP contribution in [-0.4, -0.2) is 17.6 Å². The lowest BCUT2D eigenvalue weighted by molar-refractivity contribution is -0.143. The molecule has 0 radical (unpaired) electrons. The molecule has 1 fully saturated rings. The Labute approximate surface area is 72.9 Å². The summed E-state index contributed by atoms with van der Waals surface area (Å²) < 4.78 is 0. The number of aliphatic carboxylic acids is 1. The summed E-state index contributed by atoms with van der Waals surface area (Å²) in [6.07, 6.45) is 1.76. The van der Waals surface area contributed by atoms with E-state index in [2.05, 4.69) is 13.8 Å². The van der Waals surface area contributed by atoms with E-state index in [1.54, 1.807) is 0 Å². The second-order valence-electron chi connectivity index (χ2n) is 4.20. The highest BCUT2D eigenvalue weighted by Crippen LogP contribution is 2.54. The predicted molar refractivity (Wildman–Crippen MR) is 46.7 cm³/mol. The second kappa shape index (κ2) is 3.05. The van der Waals surface area contributed by atoms with Crippen molar-refractivity contribution < 1.29 is 9.90 Å². The van der Waals surface area contributed by atoms with Crippen molar-refractivity contribution in [3.63, 3.8) is 0 Å². The summed E-state index contributed by atoms with van der Waals surface area (Å²) in [7, 11) is 0. The van der Waals surface area contributed by atoms with E-state index in [4.69, 9.17) is 10.8 Å². The third kappa shape index (κ3) is 1.46. The lowest BCUT2D eigenvalue weighted by Gasteiger charge is -2.09. The van der Waals surface area contributed by atoms with Gasteiger partial charge in [-0.1, -0.05) is 13.8 Å². The lowest BCUT2D eigenvalue weighted by atomic mass is 9.98. The van der Waals surface area contributed by atoms with Crippen LogP contribution >= 0.6 is 0 Å². The quantitative estimate of drug-likeness (QED) is 0.665. The van der Waals surface area contributed by atoms with Crippen molar-refractivity contribution in [2.24, 2.45) is 23.0 Å². The van der Waals surface area contributed by atoms with Gasteiger partial charge in [-0.2, -0.15) is 0 Å². The third-order valence-corrected chi connectivity index (χ3v) is 2.78. The molecule has 0 aromatic heterocycles. The Morgan fingerprint density at radius 2 is 2.33 bits per heavy atom. The average molecular weight is 171 g/mol. The number of nitrogens with two attached hydrogens (primary N) is 1. The maximum absolute atomic E-state index is 10.8. The summed E-state index contributed by atoms with van der Waals surface area (Å²) in [6.45, 7) is 4.52. The highest BCUT2D eigenvalue weighted by molar-refractivity contribution is 5.78. The van der Waals surface area contributed by atoms with Crippen LogP contribution in [0.25, 0.3) is 0 Å². The normalized spacial score (nSPS) is 33.8. The lowest BCUT2D eigenvalue weighted by Crippen LogP contribution is -2.27. The fourth-order valence-electron chi connectivity index (χ4n) is 1.86. The van der Waals surface area contributed by atoms with Gasteiger partial charge in [0.1, 0.15) is 0 Å². The Morgan fingerprint density at radius 1 is 1.75 bits per heavy atom. The van der Waals surface area contributed by atoms with Crippen LogP contribution in [0.5, 0.6) is 0 Å². The van der Waals surface area contributed by atoms with Crippen molar-refractivity contribution in [1.82, 2.24) is 0 Å². The van der Waals surface area contributed by atoms with Gasteiger partial charge >= 0.3 is 5.97 Å². The highest BCUT2D eigenvalue weighted by atomic mass is 16.4. The Morgan fingerprint density at radius 3 is 2.58 bits per heavy atom. The van der Waals surface area contributed by atoms with Crippen LogP contribution < -0.4 is 5.73 Å². The second-order valence-corrected chi connectivity index (χ2v) is 4.20. The molecule has 1 aliphatic carbocycles. The summed E-state index contributed by atoms with van der Waals surface area (Å²) in [6, 6.07) is 0. The molecular formula is C9H17NO2. The van der Waals surface area contributed by atoms with Gasteiger partial charge < -0.3 is 10.8 Å². The van der Waals surface area contributed by atoms with Crippen LogP contribution in [0.2, 0.25) is 0 Å². The van der Waals surface area contributed by atoms with Gasteiger partial charge in [0, 0.05) is 6.54 Å². The first-order valence-corrected chi connectivity index (χ1v) is 4.46. The van der Waals surface area contributed by atoms with Crippen LogP contribution in [0.1, 0.15) is 26.7 Å². The van der Waals surface area contributed by atoms with Crippen LogP contribution in [0.15, 0.2) is 0 Å². The minimum atomic E-state index is -0.712. The van der Waals surface area contributed by atoms with Gasteiger partial charge in [-0.15, -0.1) is 0 Å². The van der Waals surface area contributed by atoms with Crippen molar-refractivity contribution in [3.05, 3.63) is 0 Å². The molecule has 1 aliphatic rings. The summed E-state index contributed by atoms with van der Waals surface area (Å²) in [5.74, 6) is 0.179. The first-order valence-electron chi connectivity index (χ1n) is 4.46. The number of rotatable bonds is 4. The standard InChI is InChI=1S/C9H17NO2/c1-6(2)3-7-4-9(7,5-10)8(11)12/h6-7H,3-5,10H2,1-2H3,(H,11,12). The minimum Gasteiger partial charge on any atom is -0.481 e. The number of hydrogen-bond donors (Lipinski definition) is 2. The van der Waals surface area contributed by atoms with Gasteiger partial charge in [0.25, 0.3) is 0 Å². The molecule has 0 spiro atoms. The fourth-order valence-corrected chi connectivity index (χ4v) is 1.86. The molecule has 0 aromatic carbocycles. The molecule has 0 aromatic rings. The first-order chi connectivity index (χ1) is 5.53. The fraction of sp³-hybridized carbons (Fsp3) is 0.889. The molecule has 0 amide bonds. The number of carbonyl (C=O) groups is 1. The van der Waals surface area contributed by atoms with Crippen molar-refractivity contribution in [2.45, 2.75) is 26.7 Å². The van der Waals surface area contributed by atoms with E-state index in [1.807, 2.05) is 0 Å². The predicted octanol–water partition coefficient (Wildman–Crippen LogP) is 1.08. The summed E-state index contributed by atoms with van der Waals surface area (Å²) in [4.78, 5) is 10.8. The topological polar surface area (TPSA) is 63.3 Å². The molecule has 1 rings (SSSR count). The largest absolute Gasteiger partial charge is 0.481 e. The van der Waals surface area contributed by atoms with E-state index >= 15 is 0 Å². The van der Waals surface area contributed by atoms with E-state index in [0.29, 0.717) is 18.4 Å². The molecule has 3 heteroatoms. The monoisotopic (exact) mass is 171 g/mol. The van der Waals surface area contributed by atoms with Gasteiger partial charge in [-0.25, -0.2) is 0 Å². The average Bonchev–Trinajstić information content (AvgIpc) is 2.62. The third-order valence-electron chi connectivity index (χ3n) is 2.78. The number of carboxylic acid groups (broad SMARTS) is 1. The van der Waals surface area contributed by atoms with Crippen molar-refractivity contribution in [3.8, 4) is 0 Å². The Hall–Kier alpha value is -0.570. The summed E-state index contributed by atoms with van der Waals surface area (Å²) in [5.41, 5.74) is 4.89. The molecule has 0 aliphatic heterocycles. The molecule has 2 unspecified atom stereocenters. The van der Waals surface area contributed by atoms with Gasteiger partial charge in [-0.3, -0.25) is 4.79 Å². The van der Waals surface area contributed by atoms with Crippen LogP contribution in [0.4, 0.5) is 0 Å². The van der Waals surface area contributed by atoms with Crippen LogP contribution in [-0.2, 0) is 4.79 Å². The molecular weight excluding hydrogens is 154 g/mol. The van der Waals surface area contributed by atoms with Crippen LogP contribution in [0.3, 0.4) is 0 Å². The van der Waals surface area contributed by atoms with E-state index in [-0.39, 0.29) is 0 Å². The van der Waals surface area contributed by atoms with E-state index in [0.717, 1.165) is 12.8 Å². The zero-order chi connectivity index (χ0) is 9.35. The zero-order valence-electron chi connectivity index (χ0n) is 7.71. The number of hydrogen-bond acceptors (Lipinski definition) is 2. The zero-order valence-corrected chi connectivity index (χ0v) is 7.71. The molecule has 0 bridgehead atoms. The molecule has 3 nitrogen and oxygen atoms in total. The maximum atomic E-state index is 10.8. The smallest absolute Gasteiger partial charge is 0.311 e.